The fraction of sp³-hybridized carbons (Fsp3) is 0.333. The largest absolute Gasteiger partial charge is 0.480 e. The summed E-state index contributed by atoms with van der Waals surface area (Å²) in [4.78, 5) is 22.4. The highest BCUT2D eigenvalue weighted by Crippen LogP contribution is 2.21. The molecule has 0 bridgehead atoms. The van der Waals surface area contributed by atoms with E-state index in [4.69, 9.17) is 28.3 Å². The number of carbonyl (C=O) groups excluding carboxylic acids is 1. The number of amides is 1. The van der Waals surface area contributed by atoms with E-state index in [1.54, 1.807) is 25.1 Å². The molecule has 0 saturated carbocycles. The molecule has 18 heavy (non-hydrogen) atoms. The first-order valence-electron chi connectivity index (χ1n) is 5.40. The van der Waals surface area contributed by atoms with Gasteiger partial charge in [-0.25, -0.2) is 4.79 Å². The zero-order valence-electron chi connectivity index (χ0n) is 9.74. The Balaban J connectivity index is 2.67. The molecular formula is C12H13Cl2NO3. The summed E-state index contributed by atoms with van der Waals surface area (Å²) in [5.41, 5.74) is 0.610. The molecule has 0 aliphatic rings. The number of nitrogens with one attached hydrogen (secondary N) is 1. The maximum absolute atomic E-state index is 11.7. The molecule has 0 spiro atoms. The molecule has 0 unspecified atom stereocenters. The second-order valence-corrected chi connectivity index (χ2v) is 4.62. The number of hydrogen-bond acceptors (Lipinski definition) is 2. The van der Waals surface area contributed by atoms with E-state index in [2.05, 4.69) is 5.32 Å². The Labute approximate surface area is 115 Å². The molecule has 1 rings (SSSR count). The van der Waals surface area contributed by atoms with Gasteiger partial charge in [0.05, 0.1) is 6.42 Å². The van der Waals surface area contributed by atoms with Gasteiger partial charge in [0.25, 0.3) is 0 Å². The molecule has 0 aliphatic heterocycles. The van der Waals surface area contributed by atoms with Crippen LogP contribution in [-0.4, -0.2) is 23.0 Å². The minimum atomic E-state index is -1.05. The van der Waals surface area contributed by atoms with Gasteiger partial charge in [0.2, 0.25) is 5.91 Å². The molecule has 1 atom stereocenters. The highest BCUT2D eigenvalue weighted by atomic mass is 35.5. The van der Waals surface area contributed by atoms with Gasteiger partial charge in [-0.3, -0.25) is 4.79 Å². The lowest BCUT2D eigenvalue weighted by atomic mass is 10.1. The highest BCUT2D eigenvalue weighted by molar-refractivity contribution is 6.35. The van der Waals surface area contributed by atoms with Crippen LogP contribution in [-0.2, 0) is 16.0 Å². The summed E-state index contributed by atoms with van der Waals surface area (Å²) in [6, 6.07) is 3.94. The van der Waals surface area contributed by atoms with Crippen LogP contribution < -0.4 is 5.32 Å². The number of hydrogen-bond donors (Lipinski definition) is 2. The van der Waals surface area contributed by atoms with E-state index in [1.807, 2.05) is 0 Å². The quantitative estimate of drug-likeness (QED) is 0.875. The second kappa shape index (κ2) is 6.61. The van der Waals surface area contributed by atoms with Crippen LogP contribution in [0.3, 0.4) is 0 Å². The molecule has 1 amide bonds. The minimum Gasteiger partial charge on any atom is -0.480 e. The van der Waals surface area contributed by atoms with Crippen molar-refractivity contribution in [2.45, 2.75) is 25.8 Å². The molecule has 1 aromatic rings. The van der Waals surface area contributed by atoms with Crippen LogP contribution in [0.2, 0.25) is 10.0 Å². The molecule has 4 nitrogen and oxygen atoms in total. The van der Waals surface area contributed by atoms with E-state index in [-0.39, 0.29) is 12.3 Å². The van der Waals surface area contributed by atoms with Crippen LogP contribution in [0.4, 0.5) is 0 Å². The third-order valence-electron chi connectivity index (χ3n) is 2.41. The van der Waals surface area contributed by atoms with Gasteiger partial charge in [0.1, 0.15) is 6.04 Å². The fourth-order valence-electron chi connectivity index (χ4n) is 1.42. The number of carboxylic acids is 1. The SMILES string of the molecule is CC[C@H](NC(=O)Cc1ccc(Cl)cc1Cl)C(=O)O. The van der Waals surface area contributed by atoms with E-state index in [9.17, 15) is 9.59 Å². The van der Waals surface area contributed by atoms with E-state index in [1.165, 1.54) is 0 Å². The Hall–Kier alpha value is -1.26. The van der Waals surface area contributed by atoms with Gasteiger partial charge in [0.15, 0.2) is 0 Å². The van der Waals surface area contributed by atoms with Crippen molar-refractivity contribution in [3.63, 3.8) is 0 Å². The van der Waals surface area contributed by atoms with Crippen molar-refractivity contribution in [2.75, 3.05) is 0 Å². The highest BCUT2D eigenvalue weighted by Gasteiger charge is 2.18. The van der Waals surface area contributed by atoms with E-state index >= 15 is 0 Å². The number of halogens is 2. The predicted molar refractivity (Wildman–Crippen MR) is 70.0 cm³/mol. The lowest BCUT2D eigenvalue weighted by Gasteiger charge is -2.12. The van der Waals surface area contributed by atoms with Crippen molar-refractivity contribution in [1.82, 2.24) is 5.32 Å². The van der Waals surface area contributed by atoms with Crippen LogP contribution in [0.15, 0.2) is 18.2 Å². The first kappa shape index (κ1) is 14.8. The molecular weight excluding hydrogens is 277 g/mol. The molecule has 6 heteroatoms. The summed E-state index contributed by atoms with van der Waals surface area (Å²) >= 11 is 11.7. The van der Waals surface area contributed by atoms with Gasteiger partial charge < -0.3 is 10.4 Å². The Kier molecular flexibility index (Phi) is 5.44. The van der Waals surface area contributed by atoms with Crippen LogP contribution >= 0.6 is 23.2 Å². The third-order valence-corrected chi connectivity index (χ3v) is 2.99. The van der Waals surface area contributed by atoms with Gasteiger partial charge in [-0.1, -0.05) is 36.2 Å². The molecule has 98 valence electrons. The van der Waals surface area contributed by atoms with Crippen LogP contribution in [0.1, 0.15) is 18.9 Å². The number of carboxylic acid groups (broad SMARTS) is 1. The molecule has 0 heterocycles. The van der Waals surface area contributed by atoms with Crippen molar-refractivity contribution >= 4 is 35.1 Å². The fourth-order valence-corrected chi connectivity index (χ4v) is 1.90. The smallest absolute Gasteiger partial charge is 0.326 e. The molecule has 0 radical (unpaired) electrons. The van der Waals surface area contributed by atoms with E-state index in [0.29, 0.717) is 22.0 Å². The predicted octanol–water partition coefficient (Wildman–Crippen LogP) is 2.52. The van der Waals surface area contributed by atoms with Gasteiger partial charge in [0, 0.05) is 10.0 Å². The molecule has 0 saturated heterocycles. The number of aliphatic carboxylic acids is 1. The summed E-state index contributed by atoms with van der Waals surface area (Å²) in [5.74, 6) is -1.43. The van der Waals surface area contributed by atoms with E-state index in [0.717, 1.165) is 0 Å². The van der Waals surface area contributed by atoms with Crippen molar-refractivity contribution in [3.05, 3.63) is 33.8 Å². The Morgan fingerprint density at radius 2 is 2.06 bits per heavy atom. The molecule has 0 fully saturated rings. The van der Waals surface area contributed by atoms with Crippen LogP contribution in [0.25, 0.3) is 0 Å². The normalized spacial score (nSPS) is 11.9. The number of benzene rings is 1. The maximum Gasteiger partial charge on any atom is 0.326 e. The van der Waals surface area contributed by atoms with Crippen LogP contribution in [0.5, 0.6) is 0 Å². The lowest BCUT2D eigenvalue weighted by Crippen LogP contribution is -2.41. The monoisotopic (exact) mass is 289 g/mol. The summed E-state index contributed by atoms with van der Waals surface area (Å²) in [5, 5.41) is 12.1. The Bertz CT molecular complexity index is 463. The van der Waals surface area contributed by atoms with Gasteiger partial charge in [-0.05, 0) is 24.1 Å². The summed E-state index contributed by atoms with van der Waals surface area (Å²) in [7, 11) is 0. The maximum atomic E-state index is 11.7. The van der Waals surface area contributed by atoms with Crippen LogP contribution in [0, 0.1) is 0 Å². The van der Waals surface area contributed by atoms with Crippen molar-refractivity contribution in [2.24, 2.45) is 0 Å². The van der Waals surface area contributed by atoms with Crippen molar-refractivity contribution in [3.8, 4) is 0 Å². The summed E-state index contributed by atoms with van der Waals surface area (Å²) in [6.45, 7) is 1.69. The number of carbonyl (C=O) groups is 2. The molecule has 0 aliphatic carbocycles. The zero-order valence-corrected chi connectivity index (χ0v) is 11.3. The first-order chi connectivity index (χ1) is 8.43. The summed E-state index contributed by atoms with van der Waals surface area (Å²) < 4.78 is 0. The second-order valence-electron chi connectivity index (χ2n) is 3.78. The average Bonchev–Trinajstić information content (AvgIpc) is 2.29. The van der Waals surface area contributed by atoms with Gasteiger partial charge in [-0.2, -0.15) is 0 Å². The van der Waals surface area contributed by atoms with Gasteiger partial charge >= 0.3 is 5.97 Å². The lowest BCUT2D eigenvalue weighted by molar-refractivity contribution is -0.141. The molecule has 2 N–H and O–H groups in total. The van der Waals surface area contributed by atoms with Crippen molar-refractivity contribution < 1.29 is 14.7 Å². The summed E-state index contributed by atoms with van der Waals surface area (Å²) in [6.07, 6.45) is 0.356. The Morgan fingerprint density at radius 1 is 1.39 bits per heavy atom. The van der Waals surface area contributed by atoms with Gasteiger partial charge in [-0.15, -0.1) is 0 Å². The third kappa shape index (κ3) is 4.20. The average molecular weight is 290 g/mol. The Morgan fingerprint density at radius 3 is 2.56 bits per heavy atom. The minimum absolute atomic E-state index is 0.0276. The zero-order chi connectivity index (χ0) is 13.7. The molecule has 0 aromatic heterocycles. The standard InChI is InChI=1S/C12H13Cl2NO3/c1-2-10(12(17)18)15-11(16)5-7-3-4-8(13)6-9(7)14/h3-4,6,10H,2,5H2,1H3,(H,15,16)(H,17,18)/t10-/m0/s1. The van der Waals surface area contributed by atoms with Crippen molar-refractivity contribution in [1.29, 1.82) is 0 Å². The molecule has 1 aromatic carbocycles. The number of rotatable bonds is 5. The van der Waals surface area contributed by atoms with E-state index < -0.39 is 12.0 Å². The topological polar surface area (TPSA) is 66.4 Å². The first-order valence-corrected chi connectivity index (χ1v) is 6.15.